The highest BCUT2D eigenvalue weighted by molar-refractivity contribution is 6.30. The van der Waals surface area contributed by atoms with Crippen LogP contribution in [0, 0.1) is 5.92 Å². The Bertz CT molecular complexity index is 576. The summed E-state index contributed by atoms with van der Waals surface area (Å²) in [4.78, 5) is 23.2. The third-order valence-electron chi connectivity index (χ3n) is 3.11. The molecule has 0 fully saturated rings. The summed E-state index contributed by atoms with van der Waals surface area (Å²) in [6, 6.07) is 16.6. The van der Waals surface area contributed by atoms with E-state index < -0.39 is 5.92 Å². The Balaban J connectivity index is 2.02. The minimum atomic E-state index is -0.715. The molecular weight excluding hydrogens is 272 g/mol. The van der Waals surface area contributed by atoms with E-state index in [2.05, 4.69) is 0 Å². The van der Waals surface area contributed by atoms with Crippen molar-refractivity contribution in [2.75, 3.05) is 0 Å². The van der Waals surface area contributed by atoms with Crippen molar-refractivity contribution in [1.29, 1.82) is 0 Å². The Labute approximate surface area is 123 Å². The van der Waals surface area contributed by atoms with Crippen molar-refractivity contribution in [2.45, 2.75) is 12.8 Å². The van der Waals surface area contributed by atoms with Crippen molar-refractivity contribution in [3.05, 3.63) is 70.7 Å². The fourth-order valence-corrected chi connectivity index (χ4v) is 2.12. The minimum absolute atomic E-state index is 0.119. The molecule has 2 aromatic carbocycles. The predicted molar refractivity (Wildman–Crippen MR) is 79.5 cm³/mol. The Kier molecular flexibility index (Phi) is 5.08. The number of rotatable bonds is 6. The molecule has 0 aliphatic heterocycles. The van der Waals surface area contributed by atoms with Gasteiger partial charge in [-0.3, -0.25) is 9.59 Å². The van der Waals surface area contributed by atoms with Gasteiger partial charge in [0.25, 0.3) is 0 Å². The molecule has 0 aromatic heterocycles. The molecule has 0 saturated carbocycles. The summed E-state index contributed by atoms with van der Waals surface area (Å²) in [6.45, 7) is 0. The maximum atomic E-state index is 12.1. The highest BCUT2D eigenvalue weighted by Crippen LogP contribution is 2.14. The first-order chi connectivity index (χ1) is 9.69. The molecule has 101 valence electrons. The number of benzene rings is 2. The molecule has 0 aliphatic carbocycles. The third kappa shape index (κ3) is 4.04. The van der Waals surface area contributed by atoms with Crippen LogP contribution in [0.25, 0.3) is 0 Å². The number of halogens is 1. The average molecular weight is 286 g/mol. The third-order valence-corrected chi connectivity index (χ3v) is 3.36. The second kappa shape index (κ2) is 7.01. The minimum Gasteiger partial charge on any atom is -0.299 e. The van der Waals surface area contributed by atoms with Gasteiger partial charge in [0, 0.05) is 11.4 Å². The van der Waals surface area contributed by atoms with Crippen LogP contribution in [0.4, 0.5) is 0 Å². The van der Waals surface area contributed by atoms with Crippen LogP contribution in [0.5, 0.6) is 0 Å². The monoisotopic (exact) mass is 285 g/mol. The van der Waals surface area contributed by atoms with Gasteiger partial charge in [-0.1, -0.05) is 54.1 Å². The van der Waals surface area contributed by atoms with E-state index in [1.807, 2.05) is 36.6 Å². The van der Waals surface area contributed by atoms with Crippen LogP contribution in [0.15, 0.2) is 54.6 Å². The number of hydrogen-bond donors (Lipinski definition) is 0. The van der Waals surface area contributed by atoms with Gasteiger partial charge in [0.05, 0.1) is 5.92 Å². The summed E-state index contributed by atoms with van der Waals surface area (Å²) < 4.78 is 0. The highest BCUT2D eigenvalue weighted by atomic mass is 35.5. The number of ketones is 1. The summed E-state index contributed by atoms with van der Waals surface area (Å²) in [6.07, 6.45) is 2.48. The van der Waals surface area contributed by atoms with Gasteiger partial charge in [0.15, 0.2) is 0 Å². The van der Waals surface area contributed by atoms with Crippen LogP contribution >= 0.6 is 11.6 Å². The first-order valence-corrected chi connectivity index (χ1v) is 6.75. The zero-order valence-electron chi connectivity index (χ0n) is 10.9. The summed E-state index contributed by atoms with van der Waals surface area (Å²) in [5.74, 6) is -0.834. The molecule has 0 aliphatic rings. The van der Waals surface area contributed by atoms with Gasteiger partial charge in [-0.05, 0) is 29.7 Å². The van der Waals surface area contributed by atoms with Crippen LogP contribution in [-0.4, -0.2) is 12.1 Å². The molecule has 20 heavy (non-hydrogen) atoms. The first-order valence-electron chi connectivity index (χ1n) is 6.38. The lowest BCUT2D eigenvalue weighted by atomic mass is 9.93. The Hall–Kier alpha value is -1.93. The quantitative estimate of drug-likeness (QED) is 0.762. The van der Waals surface area contributed by atoms with Gasteiger partial charge >= 0.3 is 0 Å². The second-order valence-corrected chi connectivity index (χ2v) is 5.07. The summed E-state index contributed by atoms with van der Waals surface area (Å²) >= 11 is 5.80. The van der Waals surface area contributed by atoms with Crippen molar-refractivity contribution in [2.24, 2.45) is 5.92 Å². The van der Waals surface area contributed by atoms with Crippen LogP contribution in [0.1, 0.15) is 11.1 Å². The number of carbonyl (C=O) groups is 1. The summed E-state index contributed by atoms with van der Waals surface area (Å²) in [7, 11) is 0. The Morgan fingerprint density at radius 3 is 2.25 bits per heavy atom. The van der Waals surface area contributed by atoms with E-state index in [0.29, 0.717) is 11.4 Å². The highest BCUT2D eigenvalue weighted by Gasteiger charge is 2.19. The maximum Gasteiger partial charge on any atom is 0.209 e. The van der Waals surface area contributed by atoms with Gasteiger partial charge < -0.3 is 0 Å². The van der Waals surface area contributed by atoms with Gasteiger partial charge in [-0.15, -0.1) is 0 Å². The standard InChI is InChI=1S/C17H14ClO2/c18-16-8-6-14(7-9-16)11-17(20)15(12-19)10-13-4-2-1-3-5-13/h1-9,15H,10-11H2. The van der Waals surface area contributed by atoms with Gasteiger partial charge in [-0.2, -0.15) is 0 Å². The second-order valence-electron chi connectivity index (χ2n) is 4.63. The van der Waals surface area contributed by atoms with Crippen LogP contribution in [0.2, 0.25) is 5.02 Å². The summed E-state index contributed by atoms with van der Waals surface area (Å²) in [5, 5.41) is 0.629. The largest absolute Gasteiger partial charge is 0.299 e. The molecule has 0 spiro atoms. The van der Waals surface area contributed by atoms with E-state index in [-0.39, 0.29) is 12.2 Å². The van der Waals surface area contributed by atoms with Crippen LogP contribution in [-0.2, 0) is 22.4 Å². The molecule has 0 bridgehead atoms. The van der Waals surface area contributed by atoms with Gasteiger partial charge in [-0.25, -0.2) is 0 Å². The number of Topliss-reactive ketones (excluding diaryl/α,β-unsaturated/α-hetero) is 1. The lowest BCUT2D eigenvalue weighted by Crippen LogP contribution is -2.20. The van der Waals surface area contributed by atoms with E-state index in [1.165, 1.54) is 0 Å². The van der Waals surface area contributed by atoms with Crippen molar-refractivity contribution >= 4 is 23.7 Å². The van der Waals surface area contributed by atoms with Crippen molar-refractivity contribution in [1.82, 2.24) is 0 Å². The van der Waals surface area contributed by atoms with Crippen molar-refractivity contribution in [3.8, 4) is 0 Å². The molecule has 3 heteroatoms. The molecule has 2 nitrogen and oxygen atoms in total. The molecular formula is C17H14ClO2. The van der Waals surface area contributed by atoms with Gasteiger partial charge in [0.1, 0.15) is 5.78 Å². The molecule has 2 rings (SSSR count). The molecule has 0 amide bonds. The fraction of sp³-hybridized carbons (Fsp3) is 0.176. The molecule has 1 atom stereocenters. The van der Waals surface area contributed by atoms with E-state index in [9.17, 15) is 9.59 Å². The molecule has 0 saturated heterocycles. The lowest BCUT2D eigenvalue weighted by Gasteiger charge is -2.09. The molecule has 2 aromatic rings. The average Bonchev–Trinajstić information content (AvgIpc) is 2.48. The Morgan fingerprint density at radius 2 is 1.65 bits per heavy atom. The smallest absolute Gasteiger partial charge is 0.209 e. The topological polar surface area (TPSA) is 34.1 Å². The van der Waals surface area contributed by atoms with Crippen molar-refractivity contribution < 1.29 is 9.59 Å². The SMILES string of the molecule is O=[C]C(Cc1ccccc1)C(=O)Cc1ccc(Cl)cc1. The molecule has 1 radical (unpaired) electrons. The molecule has 0 N–H and O–H groups in total. The summed E-state index contributed by atoms with van der Waals surface area (Å²) in [5.41, 5.74) is 1.82. The van der Waals surface area contributed by atoms with E-state index >= 15 is 0 Å². The van der Waals surface area contributed by atoms with E-state index in [4.69, 9.17) is 11.6 Å². The maximum absolute atomic E-state index is 12.1. The van der Waals surface area contributed by atoms with Crippen molar-refractivity contribution in [3.63, 3.8) is 0 Å². The lowest BCUT2D eigenvalue weighted by molar-refractivity contribution is -0.120. The van der Waals surface area contributed by atoms with E-state index in [0.717, 1.165) is 11.1 Å². The van der Waals surface area contributed by atoms with Crippen LogP contribution in [0.3, 0.4) is 0 Å². The normalized spacial score (nSPS) is 11.8. The predicted octanol–water partition coefficient (Wildman–Crippen LogP) is 3.42. The zero-order valence-corrected chi connectivity index (χ0v) is 11.6. The molecule has 0 heterocycles. The fourth-order valence-electron chi connectivity index (χ4n) is 2.00. The number of hydrogen-bond acceptors (Lipinski definition) is 2. The molecule has 1 unspecified atom stereocenters. The number of carbonyl (C=O) groups excluding carboxylic acids is 2. The zero-order chi connectivity index (χ0) is 14.4. The van der Waals surface area contributed by atoms with Gasteiger partial charge in [0.2, 0.25) is 6.29 Å². The Morgan fingerprint density at radius 1 is 1.00 bits per heavy atom. The van der Waals surface area contributed by atoms with Crippen LogP contribution < -0.4 is 0 Å². The van der Waals surface area contributed by atoms with E-state index in [1.54, 1.807) is 24.3 Å². The first kappa shape index (κ1) is 14.5.